The van der Waals surface area contributed by atoms with Gasteiger partial charge in [-0.05, 0) is 19.8 Å². The Bertz CT molecular complexity index is 317. The molecule has 2 amide bonds. The molecule has 1 aliphatic carbocycles. The Morgan fingerprint density at radius 3 is 2.44 bits per heavy atom. The Morgan fingerprint density at radius 1 is 1.33 bits per heavy atom. The third-order valence-electron chi connectivity index (χ3n) is 3.78. The summed E-state index contributed by atoms with van der Waals surface area (Å²) in [4.78, 5) is 23.4. The minimum absolute atomic E-state index is 0.00583. The Hall–Kier alpha value is -1.10. The van der Waals surface area contributed by atoms with Crippen LogP contribution in [0.5, 0.6) is 0 Å². The number of nitrogens with one attached hydrogen (secondary N) is 2. The zero-order valence-corrected chi connectivity index (χ0v) is 11.6. The minimum atomic E-state index is -0.442. The molecule has 0 saturated heterocycles. The minimum Gasteiger partial charge on any atom is -0.354 e. The lowest BCUT2D eigenvalue weighted by Gasteiger charge is -2.27. The standard InChI is InChI=1S/C13H25N3O2/c1-9(2)11(17)15-7-8-16-12(18)13(3)6-4-5-10(13)14/h9-10H,4-8,14H2,1-3H3,(H,15,17)(H,16,18). The fraction of sp³-hybridized carbons (Fsp3) is 0.846. The van der Waals surface area contributed by atoms with Gasteiger partial charge in [-0.3, -0.25) is 9.59 Å². The van der Waals surface area contributed by atoms with Gasteiger partial charge in [-0.25, -0.2) is 0 Å². The van der Waals surface area contributed by atoms with Crippen molar-refractivity contribution >= 4 is 11.8 Å². The molecule has 1 saturated carbocycles. The van der Waals surface area contributed by atoms with Gasteiger partial charge in [-0.15, -0.1) is 0 Å². The second-order valence-electron chi connectivity index (χ2n) is 5.62. The summed E-state index contributed by atoms with van der Waals surface area (Å²) in [6.07, 6.45) is 2.77. The molecule has 0 bridgehead atoms. The molecule has 0 aromatic carbocycles. The van der Waals surface area contributed by atoms with Crippen LogP contribution >= 0.6 is 0 Å². The van der Waals surface area contributed by atoms with Gasteiger partial charge in [0.2, 0.25) is 11.8 Å². The van der Waals surface area contributed by atoms with Crippen molar-refractivity contribution in [3.63, 3.8) is 0 Å². The highest BCUT2D eigenvalue weighted by Gasteiger charge is 2.42. The van der Waals surface area contributed by atoms with Crippen molar-refractivity contribution in [3.05, 3.63) is 0 Å². The highest BCUT2D eigenvalue weighted by Crippen LogP contribution is 2.36. The zero-order valence-electron chi connectivity index (χ0n) is 11.6. The second-order valence-corrected chi connectivity index (χ2v) is 5.62. The molecular formula is C13H25N3O2. The van der Waals surface area contributed by atoms with E-state index in [0.717, 1.165) is 19.3 Å². The molecule has 1 rings (SSSR count). The molecule has 2 atom stereocenters. The first kappa shape index (κ1) is 15.0. The van der Waals surface area contributed by atoms with E-state index >= 15 is 0 Å². The Balaban J connectivity index is 2.27. The summed E-state index contributed by atoms with van der Waals surface area (Å²) in [7, 11) is 0. The van der Waals surface area contributed by atoms with Crippen LogP contribution in [-0.4, -0.2) is 30.9 Å². The van der Waals surface area contributed by atoms with Crippen molar-refractivity contribution in [3.8, 4) is 0 Å². The van der Waals surface area contributed by atoms with E-state index in [2.05, 4.69) is 10.6 Å². The summed E-state index contributed by atoms with van der Waals surface area (Å²) in [5, 5.41) is 5.62. The Morgan fingerprint density at radius 2 is 1.94 bits per heavy atom. The molecule has 5 nitrogen and oxygen atoms in total. The summed E-state index contributed by atoms with van der Waals surface area (Å²) in [5.74, 6) is -0.0132. The SMILES string of the molecule is CC(C)C(=O)NCCNC(=O)C1(C)CCCC1N. The largest absolute Gasteiger partial charge is 0.354 e. The van der Waals surface area contributed by atoms with E-state index < -0.39 is 5.41 Å². The van der Waals surface area contributed by atoms with E-state index in [1.54, 1.807) is 0 Å². The van der Waals surface area contributed by atoms with Crippen LogP contribution in [-0.2, 0) is 9.59 Å². The van der Waals surface area contributed by atoms with Gasteiger partial charge in [0.25, 0.3) is 0 Å². The van der Waals surface area contributed by atoms with Gasteiger partial charge in [-0.1, -0.05) is 20.3 Å². The smallest absolute Gasteiger partial charge is 0.227 e. The van der Waals surface area contributed by atoms with Gasteiger partial charge in [0.1, 0.15) is 0 Å². The molecule has 2 unspecified atom stereocenters. The van der Waals surface area contributed by atoms with Crippen molar-refractivity contribution in [2.75, 3.05) is 13.1 Å². The maximum Gasteiger partial charge on any atom is 0.227 e. The average Bonchev–Trinajstić information content (AvgIpc) is 2.65. The highest BCUT2D eigenvalue weighted by atomic mass is 16.2. The molecule has 104 valence electrons. The quantitative estimate of drug-likeness (QED) is 0.621. The second kappa shape index (κ2) is 6.18. The third-order valence-corrected chi connectivity index (χ3v) is 3.78. The molecule has 4 N–H and O–H groups in total. The normalized spacial score (nSPS) is 27.3. The van der Waals surface area contributed by atoms with Gasteiger partial charge in [0.05, 0.1) is 5.41 Å². The van der Waals surface area contributed by atoms with Gasteiger partial charge in [0.15, 0.2) is 0 Å². The Labute approximate surface area is 109 Å². The van der Waals surface area contributed by atoms with Crippen LogP contribution in [0, 0.1) is 11.3 Å². The van der Waals surface area contributed by atoms with Crippen LogP contribution in [0.1, 0.15) is 40.0 Å². The fourth-order valence-electron chi connectivity index (χ4n) is 2.24. The molecule has 0 aliphatic heterocycles. The lowest BCUT2D eigenvalue weighted by molar-refractivity contribution is -0.130. The van der Waals surface area contributed by atoms with E-state index in [1.165, 1.54) is 0 Å². The van der Waals surface area contributed by atoms with E-state index in [4.69, 9.17) is 5.73 Å². The molecule has 18 heavy (non-hydrogen) atoms. The van der Waals surface area contributed by atoms with E-state index in [9.17, 15) is 9.59 Å². The topological polar surface area (TPSA) is 84.2 Å². The van der Waals surface area contributed by atoms with Gasteiger partial charge >= 0.3 is 0 Å². The van der Waals surface area contributed by atoms with Crippen molar-refractivity contribution < 1.29 is 9.59 Å². The number of rotatable bonds is 5. The molecule has 1 fully saturated rings. The number of hydrogen-bond acceptors (Lipinski definition) is 3. The molecule has 0 aromatic heterocycles. The third kappa shape index (κ3) is 3.45. The first-order valence-electron chi connectivity index (χ1n) is 6.69. The van der Waals surface area contributed by atoms with E-state index in [1.807, 2.05) is 20.8 Å². The van der Waals surface area contributed by atoms with Gasteiger partial charge in [0, 0.05) is 25.0 Å². The van der Waals surface area contributed by atoms with Crippen molar-refractivity contribution in [2.24, 2.45) is 17.1 Å². The number of hydrogen-bond donors (Lipinski definition) is 3. The maximum absolute atomic E-state index is 12.1. The highest BCUT2D eigenvalue weighted by molar-refractivity contribution is 5.83. The van der Waals surface area contributed by atoms with Crippen LogP contribution in [0.4, 0.5) is 0 Å². The molecular weight excluding hydrogens is 230 g/mol. The van der Waals surface area contributed by atoms with Crippen molar-refractivity contribution in [1.29, 1.82) is 0 Å². The summed E-state index contributed by atoms with van der Waals surface area (Å²) >= 11 is 0. The summed E-state index contributed by atoms with van der Waals surface area (Å²) in [6.45, 7) is 6.53. The first-order chi connectivity index (χ1) is 8.38. The molecule has 5 heteroatoms. The van der Waals surface area contributed by atoms with E-state index in [-0.39, 0.29) is 23.8 Å². The van der Waals surface area contributed by atoms with Gasteiger partial charge < -0.3 is 16.4 Å². The summed E-state index contributed by atoms with van der Waals surface area (Å²) in [6, 6.07) is -0.0530. The maximum atomic E-state index is 12.1. The lowest BCUT2D eigenvalue weighted by atomic mass is 9.84. The predicted octanol–water partition coefficient (Wildman–Crippen LogP) is 0.392. The van der Waals surface area contributed by atoms with Crippen molar-refractivity contribution in [1.82, 2.24) is 10.6 Å². The average molecular weight is 255 g/mol. The fourth-order valence-corrected chi connectivity index (χ4v) is 2.24. The van der Waals surface area contributed by atoms with Crippen LogP contribution < -0.4 is 16.4 Å². The zero-order chi connectivity index (χ0) is 13.8. The van der Waals surface area contributed by atoms with Crippen LogP contribution in [0.3, 0.4) is 0 Å². The number of amides is 2. The van der Waals surface area contributed by atoms with Crippen LogP contribution in [0.15, 0.2) is 0 Å². The molecule has 0 heterocycles. The van der Waals surface area contributed by atoms with Crippen LogP contribution in [0.2, 0.25) is 0 Å². The Kier molecular flexibility index (Phi) is 5.14. The first-order valence-corrected chi connectivity index (χ1v) is 6.69. The van der Waals surface area contributed by atoms with Gasteiger partial charge in [-0.2, -0.15) is 0 Å². The summed E-state index contributed by atoms with van der Waals surface area (Å²) in [5.41, 5.74) is 5.53. The molecule has 0 aromatic rings. The number of carbonyl (C=O) groups is 2. The summed E-state index contributed by atoms with van der Waals surface area (Å²) < 4.78 is 0. The van der Waals surface area contributed by atoms with Crippen LogP contribution in [0.25, 0.3) is 0 Å². The van der Waals surface area contributed by atoms with E-state index in [0.29, 0.717) is 13.1 Å². The van der Waals surface area contributed by atoms with Crippen molar-refractivity contribution in [2.45, 2.75) is 46.1 Å². The number of nitrogens with two attached hydrogens (primary N) is 1. The predicted molar refractivity (Wildman–Crippen MR) is 70.8 cm³/mol. The lowest BCUT2D eigenvalue weighted by Crippen LogP contribution is -2.49. The molecule has 1 aliphatic rings. The molecule has 0 spiro atoms. The number of carbonyl (C=O) groups excluding carboxylic acids is 2. The molecule has 0 radical (unpaired) electrons. The monoisotopic (exact) mass is 255 g/mol.